The maximum Gasteiger partial charge on any atom is 0.315 e. The number of carbonyl (C=O) groups is 2. The standard InChI is InChI=1S/C23H35NO4/c1-10(9-24)27-21(25)19-15-8-16(20(19)22(26)28-23(4,5)6)18-14-7-13(17(15)18)11(2)12(14)3/h11-20H,1,7-9,24H2,2-6H3. The zero-order chi connectivity index (χ0) is 20.5. The number of fused-ring (bicyclic) bond motifs is 9. The van der Waals surface area contributed by atoms with Gasteiger partial charge in [-0.05, 0) is 81.0 Å². The van der Waals surface area contributed by atoms with Crippen LogP contribution in [0.15, 0.2) is 12.3 Å². The van der Waals surface area contributed by atoms with Gasteiger partial charge in [0, 0.05) is 0 Å². The predicted molar refractivity (Wildman–Crippen MR) is 106 cm³/mol. The van der Waals surface area contributed by atoms with Crippen molar-refractivity contribution in [1.82, 2.24) is 0 Å². The summed E-state index contributed by atoms with van der Waals surface area (Å²) >= 11 is 0. The first-order valence-electron chi connectivity index (χ1n) is 10.9. The molecule has 4 bridgehead atoms. The van der Waals surface area contributed by atoms with E-state index in [0.717, 1.165) is 6.42 Å². The molecule has 156 valence electrons. The van der Waals surface area contributed by atoms with Crippen molar-refractivity contribution >= 4 is 11.9 Å². The van der Waals surface area contributed by atoms with Crippen LogP contribution < -0.4 is 5.73 Å². The second kappa shape index (κ2) is 6.58. The van der Waals surface area contributed by atoms with Crippen molar-refractivity contribution in [2.75, 3.05) is 6.54 Å². The Balaban J connectivity index is 1.65. The Morgan fingerprint density at radius 2 is 1.39 bits per heavy atom. The number of nitrogens with two attached hydrogens (primary N) is 1. The molecule has 0 spiro atoms. The highest BCUT2D eigenvalue weighted by Crippen LogP contribution is 2.72. The van der Waals surface area contributed by atoms with Gasteiger partial charge in [-0.25, -0.2) is 0 Å². The van der Waals surface area contributed by atoms with Crippen LogP contribution in [-0.2, 0) is 19.1 Å². The summed E-state index contributed by atoms with van der Waals surface area (Å²) in [7, 11) is 0. The van der Waals surface area contributed by atoms with Gasteiger partial charge in [-0.3, -0.25) is 9.59 Å². The van der Waals surface area contributed by atoms with Crippen molar-refractivity contribution in [2.24, 2.45) is 64.9 Å². The molecule has 5 nitrogen and oxygen atoms in total. The van der Waals surface area contributed by atoms with Gasteiger partial charge in [0.25, 0.3) is 0 Å². The van der Waals surface area contributed by atoms with Gasteiger partial charge in [0.05, 0.1) is 18.4 Å². The van der Waals surface area contributed by atoms with Crippen LogP contribution in [0.2, 0.25) is 0 Å². The minimum atomic E-state index is -0.565. The molecule has 0 aromatic carbocycles. The summed E-state index contributed by atoms with van der Waals surface area (Å²) in [6.45, 7) is 14.2. The summed E-state index contributed by atoms with van der Waals surface area (Å²) in [5, 5.41) is 0. The van der Waals surface area contributed by atoms with E-state index >= 15 is 0 Å². The Hall–Kier alpha value is -1.36. The number of esters is 2. The van der Waals surface area contributed by atoms with E-state index in [1.807, 2.05) is 20.8 Å². The Morgan fingerprint density at radius 3 is 1.86 bits per heavy atom. The molecule has 4 rings (SSSR count). The highest BCUT2D eigenvalue weighted by Gasteiger charge is 2.71. The SMILES string of the molecule is C=C(CN)OC(=O)C1C2CC(C1C(=O)OC(C)(C)C)C1C3CC(C(C)C3C)C21. The minimum Gasteiger partial charge on any atom is -0.460 e. The number of hydrogen-bond acceptors (Lipinski definition) is 5. The van der Waals surface area contributed by atoms with E-state index in [9.17, 15) is 9.59 Å². The first kappa shape index (κ1) is 19.9. The van der Waals surface area contributed by atoms with Gasteiger partial charge in [0.2, 0.25) is 0 Å². The molecule has 10 atom stereocenters. The van der Waals surface area contributed by atoms with Crippen molar-refractivity contribution in [3.63, 3.8) is 0 Å². The third-order valence-electron chi connectivity index (χ3n) is 8.42. The summed E-state index contributed by atoms with van der Waals surface area (Å²) in [6.07, 6.45) is 2.20. The fraction of sp³-hybridized carbons (Fsp3) is 0.826. The summed E-state index contributed by atoms with van der Waals surface area (Å²) in [5.41, 5.74) is 5.01. The number of ether oxygens (including phenoxy) is 2. The van der Waals surface area contributed by atoms with Crippen molar-refractivity contribution < 1.29 is 19.1 Å². The van der Waals surface area contributed by atoms with Crippen molar-refractivity contribution in [1.29, 1.82) is 0 Å². The van der Waals surface area contributed by atoms with Crippen LogP contribution in [0.4, 0.5) is 0 Å². The third-order valence-corrected chi connectivity index (χ3v) is 8.42. The Kier molecular flexibility index (Phi) is 4.68. The molecule has 0 aromatic rings. The largest absolute Gasteiger partial charge is 0.460 e. The first-order chi connectivity index (χ1) is 13.0. The van der Waals surface area contributed by atoms with Gasteiger partial charge in [-0.1, -0.05) is 20.4 Å². The summed E-state index contributed by atoms with van der Waals surface area (Å²) in [5.74, 6) is 3.18. The van der Waals surface area contributed by atoms with Crippen LogP contribution in [0.5, 0.6) is 0 Å². The maximum absolute atomic E-state index is 13.2. The van der Waals surface area contributed by atoms with Gasteiger partial charge in [0.15, 0.2) is 0 Å². The van der Waals surface area contributed by atoms with Crippen molar-refractivity contribution in [3.05, 3.63) is 12.3 Å². The normalized spacial score (nSPS) is 45.8. The number of carbonyl (C=O) groups excluding carboxylic acids is 2. The smallest absolute Gasteiger partial charge is 0.315 e. The molecule has 28 heavy (non-hydrogen) atoms. The van der Waals surface area contributed by atoms with Crippen LogP contribution in [0.3, 0.4) is 0 Å². The van der Waals surface area contributed by atoms with Crippen LogP contribution in [0, 0.1) is 59.2 Å². The lowest BCUT2D eigenvalue weighted by molar-refractivity contribution is -0.173. The lowest BCUT2D eigenvalue weighted by Gasteiger charge is -2.45. The molecule has 4 fully saturated rings. The lowest BCUT2D eigenvalue weighted by Crippen LogP contribution is -2.48. The van der Waals surface area contributed by atoms with Gasteiger partial charge in [0.1, 0.15) is 11.4 Å². The quantitative estimate of drug-likeness (QED) is 0.453. The van der Waals surface area contributed by atoms with E-state index in [2.05, 4.69) is 20.4 Å². The van der Waals surface area contributed by atoms with E-state index in [1.54, 1.807) is 0 Å². The van der Waals surface area contributed by atoms with E-state index in [1.165, 1.54) is 6.42 Å². The molecule has 4 aliphatic carbocycles. The van der Waals surface area contributed by atoms with Gasteiger partial charge >= 0.3 is 11.9 Å². The van der Waals surface area contributed by atoms with E-state index in [4.69, 9.17) is 15.2 Å². The molecule has 0 aliphatic heterocycles. The van der Waals surface area contributed by atoms with Gasteiger partial charge < -0.3 is 15.2 Å². The van der Waals surface area contributed by atoms with Crippen LogP contribution in [-0.4, -0.2) is 24.1 Å². The zero-order valence-electron chi connectivity index (χ0n) is 17.8. The highest BCUT2D eigenvalue weighted by atomic mass is 16.6. The summed E-state index contributed by atoms with van der Waals surface area (Å²) in [4.78, 5) is 26.3. The van der Waals surface area contributed by atoms with Crippen molar-refractivity contribution in [2.45, 2.75) is 53.1 Å². The molecule has 0 saturated heterocycles. The molecule has 10 unspecified atom stereocenters. The van der Waals surface area contributed by atoms with Crippen LogP contribution in [0.1, 0.15) is 47.5 Å². The average Bonchev–Trinajstić information content (AvgIpc) is 3.31. The Labute approximate surface area is 168 Å². The molecule has 5 heteroatoms. The topological polar surface area (TPSA) is 78.6 Å². The molecule has 0 aromatic heterocycles. The molecular formula is C23H35NO4. The second-order valence-corrected chi connectivity index (χ2v) is 10.7. The predicted octanol–water partition coefficient (Wildman–Crippen LogP) is 3.38. The fourth-order valence-corrected chi connectivity index (χ4v) is 7.51. The van der Waals surface area contributed by atoms with Crippen LogP contribution >= 0.6 is 0 Å². The monoisotopic (exact) mass is 389 g/mol. The van der Waals surface area contributed by atoms with E-state index < -0.39 is 17.4 Å². The van der Waals surface area contributed by atoms with Crippen molar-refractivity contribution in [3.8, 4) is 0 Å². The molecule has 2 N–H and O–H groups in total. The first-order valence-corrected chi connectivity index (χ1v) is 10.9. The Bertz CT molecular complexity index is 695. The van der Waals surface area contributed by atoms with Gasteiger partial charge in [-0.15, -0.1) is 0 Å². The molecule has 0 heterocycles. The Morgan fingerprint density at radius 1 is 0.929 bits per heavy atom. The average molecular weight is 390 g/mol. The maximum atomic E-state index is 13.2. The van der Waals surface area contributed by atoms with E-state index in [-0.39, 0.29) is 36.1 Å². The molecular weight excluding hydrogens is 354 g/mol. The fourth-order valence-electron chi connectivity index (χ4n) is 7.51. The second-order valence-electron chi connectivity index (χ2n) is 10.7. The molecule has 4 aliphatic rings. The molecule has 0 radical (unpaired) electrons. The third kappa shape index (κ3) is 2.84. The molecule has 0 amide bonds. The van der Waals surface area contributed by atoms with Crippen LogP contribution in [0.25, 0.3) is 0 Å². The minimum absolute atomic E-state index is 0.106. The van der Waals surface area contributed by atoms with E-state index in [0.29, 0.717) is 35.5 Å². The summed E-state index contributed by atoms with van der Waals surface area (Å²) in [6, 6.07) is 0. The molecule has 4 saturated carbocycles. The highest BCUT2D eigenvalue weighted by molar-refractivity contribution is 5.84. The number of hydrogen-bond donors (Lipinski definition) is 1. The zero-order valence-corrected chi connectivity index (χ0v) is 17.8. The van der Waals surface area contributed by atoms with Gasteiger partial charge in [-0.2, -0.15) is 0 Å². The number of rotatable bonds is 4. The lowest BCUT2D eigenvalue weighted by atomic mass is 9.59. The summed E-state index contributed by atoms with van der Waals surface area (Å²) < 4.78 is 11.2.